The molecule has 0 aliphatic heterocycles. The van der Waals surface area contributed by atoms with Crippen LogP contribution in [0.2, 0.25) is 5.02 Å². The summed E-state index contributed by atoms with van der Waals surface area (Å²) in [6.45, 7) is 1.88. The van der Waals surface area contributed by atoms with E-state index < -0.39 is 0 Å². The van der Waals surface area contributed by atoms with Crippen LogP contribution in [-0.4, -0.2) is 29.5 Å². The van der Waals surface area contributed by atoms with E-state index in [4.69, 9.17) is 17.3 Å². The van der Waals surface area contributed by atoms with Gasteiger partial charge in [-0.05, 0) is 25.1 Å². The Balaban J connectivity index is 1.95. The van der Waals surface area contributed by atoms with E-state index in [2.05, 4.69) is 20.2 Å². The maximum absolute atomic E-state index is 6.06. The second-order valence-corrected chi connectivity index (χ2v) is 5.53. The van der Waals surface area contributed by atoms with Gasteiger partial charge < -0.3 is 5.73 Å². The van der Waals surface area contributed by atoms with Gasteiger partial charge in [-0.15, -0.1) is 0 Å². The third kappa shape index (κ3) is 2.22. The smallest absolute Gasteiger partial charge is 0.170 e. The lowest BCUT2D eigenvalue weighted by Gasteiger charge is -2.05. The predicted molar refractivity (Wildman–Crippen MR) is 87.9 cm³/mol. The zero-order valence-corrected chi connectivity index (χ0v) is 12.9. The molecule has 4 rings (SSSR count). The second-order valence-electron chi connectivity index (χ2n) is 5.09. The number of hydrogen-bond donors (Lipinski definition) is 1. The highest BCUT2D eigenvalue weighted by molar-refractivity contribution is 6.30. The highest BCUT2D eigenvalue weighted by atomic mass is 35.5. The largest absolute Gasteiger partial charge is 0.384 e. The Morgan fingerprint density at radius 3 is 2.74 bits per heavy atom. The predicted octanol–water partition coefficient (Wildman–Crippen LogP) is 2.55. The number of nitrogen functional groups attached to an aromatic ring is 1. The van der Waals surface area contributed by atoms with Crippen LogP contribution in [0.15, 0.2) is 42.9 Å². The third-order valence-corrected chi connectivity index (χ3v) is 3.69. The summed E-state index contributed by atoms with van der Waals surface area (Å²) in [5.74, 6) is 1.10. The molecule has 8 heteroatoms. The van der Waals surface area contributed by atoms with Crippen LogP contribution in [0, 0.1) is 6.92 Å². The lowest BCUT2D eigenvalue weighted by Crippen LogP contribution is -2.05. The van der Waals surface area contributed by atoms with Crippen LogP contribution in [0.5, 0.6) is 0 Å². The van der Waals surface area contributed by atoms with Gasteiger partial charge in [0, 0.05) is 11.1 Å². The van der Waals surface area contributed by atoms with E-state index in [0.29, 0.717) is 22.3 Å². The summed E-state index contributed by atoms with van der Waals surface area (Å²) in [6, 6.07) is 9.19. The molecule has 0 radical (unpaired) electrons. The van der Waals surface area contributed by atoms with Gasteiger partial charge in [0.1, 0.15) is 12.1 Å². The quantitative estimate of drug-likeness (QED) is 0.612. The number of rotatable bonds is 2. The normalized spacial score (nSPS) is 11.2. The number of halogens is 1. The molecule has 4 aromatic rings. The Kier molecular flexibility index (Phi) is 3.02. The van der Waals surface area contributed by atoms with E-state index in [-0.39, 0.29) is 0 Å². The zero-order valence-electron chi connectivity index (χ0n) is 12.2. The van der Waals surface area contributed by atoms with Gasteiger partial charge in [-0.25, -0.2) is 14.6 Å². The van der Waals surface area contributed by atoms with Gasteiger partial charge in [-0.2, -0.15) is 14.9 Å². The zero-order chi connectivity index (χ0) is 16.0. The van der Waals surface area contributed by atoms with E-state index >= 15 is 0 Å². The van der Waals surface area contributed by atoms with Gasteiger partial charge in [0.25, 0.3) is 0 Å². The SMILES string of the molecule is Cc1cc(N)n(-c2ncnc3c2cnn3-c2cccc(Cl)c2)n1. The fourth-order valence-electron chi connectivity index (χ4n) is 2.49. The molecule has 0 unspecified atom stereocenters. The fourth-order valence-corrected chi connectivity index (χ4v) is 2.67. The van der Waals surface area contributed by atoms with E-state index in [1.807, 2.05) is 31.2 Å². The first-order valence-electron chi connectivity index (χ1n) is 6.90. The second kappa shape index (κ2) is 5.06. The van der Waals surface area contributed by atoms with Crippen molar-refractivity contribution in [3.05, 3.63) is 53.6 Å². The van der Waals surface area contributed by atoms with Gasteiger partial charge in [0.15, 0.2) is 11.5 Å². The molecule has 3 heterocycles. The first-order chi connectivity index (χ1) is 11.1. The minimum atomic E-state index is 0.512. The monoisotopic (exact) mass is 325 g/mol. The first kappa shape index (κ1) is 13.7. The maximum Gasteiger partial charge on any atom is 0.170 e. The van der Waals surface area contributed by atoms with Gasteiger partial charge in [-0.3, -0.25) is 0 Å². The van der Waals surface area contributed by atoms with Crippen LogP contribution in [0.4, 0.5) is 5.82 Å². The molecular weight excluding hydrogens is 314 g/mol. The average Bonchev–Trinajstić information content (AvgIpc) is 3.10. The molecule has 23 heavy (non-hydrogen) atoms. The highest BCUT2D eigenvalue weighted by Gasteiger charge is 2.15. The minimum Gasteiger partial charge on any atom is -0.384 e. The standard InChI is InChI=1S/C15H12ClN7/c1-9-5-13(17)23(21-9)15-12-7-20-22(14(12)18-8-19-15)11-4-2-3-10(16)6-11/h2-8H,17H2,1H3. The molecule has 0 aliphatic rings. The Bertz CT molecular complexity index is 1020. The minimum absolute atomic E-state index is 0.512. The third-order valence-electron chi connectivity index (χ3n) is 3.46. The fraction of sp³-hybridized carbons (Fsp3) is 0.0667. The number of benzene rings is 1. The first-order valence-corrected chi connectivity index (χ1v) is 7.28. The van der Waals surface area contributed by atoms with Crippen molar-refractivity contribution in [1.29, 1.82) is 0 Å². The molecule has 0 amide bonds. The van der Waals surface area contributed by atoms with Gasteiger partial charge >= 0.3 is 0 Å². The number of anilines is 1. The van der Waals surface area contributed by atoms with Crippen molar-refractivity contribution in [3.63, 3.8) is 0 Å². The van der Waals surface area contributed by atoms with Gasteiger partial charge in [0.2, 0.25) is 0 Å². The summed E-state index contributed by atoms with van der Waals surface area (Å²) < 4.78 is 3.29. The molecule has 0 saturated carbocycles. The Labute approximate surface area is 136 Å². The molecule has 3 aromatic heterocycles. The average molecular weight is 326 g/mol. The maximum atomic E-state index is 6.06. The summed E-state index contributed by atoms with van der Waals surface area (Å²) in [7, 11) is 0. The number of aromatic nitrogens is 6. The lowest BCUT2D eigenvalue weighted by atomic mass is 10.3. The highest BCUT2D eigenvalue weighted by Crippen LogP contribution is 2.23. The van der Waals surface area contributed by atoms with Crippen molar-refractivity contribution in [2.24, 2.45) is 0 Å². The van der Waals surface area contributed by atoms with Gasteiger partial charge in [-0.1, -0.05) is 17.7 Å². The molecule has 7 nitrogen and oxygen atoms in total. The topological polar surface area (TPSA) is 87.4 Å². The molecule has 114 valence electrons. The van der Waals surface area contributed by atoms with E-state index in [1.54, 1.807) is 21.6 Å². The van der Waals surface area contributed by atoms with Crippen molar-refractivity contribution in [1.82, 2.24) is 29.5 Å². The Morgan fingerprint density at radius 2 is 2.00 bits per heavy atom. The molecule has 0 atom stereocenters. The lowest BCUT2D eigenvalue weighted by molar-refractivity contribution is 0.843. The molecule has 2 N–H and O–H groups in total. The van der Waals surface area contributed by atoms with Crippen molar-refractivity contribution < 1.29 is 0 Å². The summed E-state index contributed by atoms with van der Waals surface area (Å²) in [5, 5.41) is 10.2. The molecule has 1 aromatic carbocycles. The van der Waals surface area contributed by atoms with Crippen molar-refractivity contribution in [3.8, 4) is 11.5 Å². The molecule has 0 saturated heterocycles. The summed E-state index contributed by atoms with van der Waals surface area (Å²) in [5.41, 5.74) is 8.29. The van der Waals surface area contributed by atoms with Crippen LogP contribution in [-0.2, 0) is 0 Å². The number of aryl methyl sites for hydroxylation is 1. The number of nitrogens with zero attached hydrogens (tertiary/aromatic N) is 6. The summed E-state index contributed by atoms with van der Waals surface area (Å²) >= 11 is 6.06. The van der Waals surface area contributed by atoms with Crippen molar-refractivity contribution in [2.45, 2.75) is 6.92 Å². The molecule has 0 spiro atoms. The Morgan fingerprint density at radius 1 is 1.13 bits per heavy atom. The molecule has 0 aliphatic carbocycles. The van der Waals surface area contributed by atoms with E-state index in [0.717, 1.165) is 16.8 Å². The van der Waals surface area contributed by atoms with Crippen LogP contribution < -0.4 is 5.73 Å². The van der Waals surface area contributed by atoms with E-state index in [1.165, 1.54) is 6.33 Å². The van der Waals surface area contributed by atoms with Crippen LogP contribution in [0.25, 0.3) is 22.5 Å². The van der Waals surface area contributed by atoms with Crippen molar-refractivity contribution >= 4 is 28.5 Å². The van der Waals surface area contributed by atoms with Crippen LogP contribution in [0.1, 0.15) is 5.69 Å². The van der Waals surface area contributed by atoms with Gasteiger partial charge in [0.05, 0.1) is 23.0 Å². The van der Waals surface area contributed by atoms with E-state index in [9.17, 15) is 0 Å². The number of nitrogens with two attached hydrogens (primary N) is 1. The molecule has 0 bridgehead atoms. The summed E-state index contributed by atoms with van der Waals surface area (Å²) in [4.78, 5) is 8.64. The summed E-state index contributed by atoms with van der Waals surface area (Å²) in [6.07, 6.45) is 3.17. The molecular formula is C15H12ClN7. The molecule has 0 fully saturated rings. The van der Waals surface area contributed by atoms with Crippen LogP contribution in [0.3, 0.4) is 0 Å². The van der Waals surface area contributed by atoms with Crippen LogP contribution >= 0.6 is 11.6 Å². The van der Waals surface area contributed by atoms with Crippen molar-refractivity contribution in [2.75, 3.05) is 5.73 Å². The number of hydrogen-bond acceptors (Lipinski definition) is 5. The number of fused-ring (bicyclic) bond motifs is 1. The Hall–Kier alpha value is -2.93.